The number of nitrogens with one attached hydrogen (secondary N) is 3. The molecule has 0 radical (unpaired) electrons. The van der Waals surface area contributed by atoms with Gasteiger partial charge in [-0.25, -0.2) is 8.42 Å². The number of anilines is 2. The predicted octanol–water partition coefficient (Wildman–Crippen LogP) is 4.34. The van der Waals surface area contributed by atoms with Crippen molar-refractivity contribution in [1.29, 1.82) is 5.26 Å². The van der Waals surface area contributed by atoms with Crippen molar-refractivity contribution in [2.75, 3.05) is 56.1 Å². The zero-order valence-corrected chi connectivity index (χ0v) is 24.1. The minimum atomic E-state index is -3.96. The molecule has 0 aliphatic rings. The van der Waals surface area contributed by atoms with E-state index in [0.29, 0.717) is 52.8 Å². The van der Waals surface area contributed by atoms with Gasteiger partial charge in [-0.15, -0.1) is 4.99 Å². The lowest BCUT2D eigenvalue weighted by Crippen LogP contribution is -2.37. The average molecular weight is 606 g/mol. The molecule has 40 heavy (non-hydrogen) atoms. The lowest BCUT2D eigenvalue weighted by molar-refractivity contribution is 0.147. The Labute approximate surface area is 244 Å². The molecule has 3 N–H and O–H groups in total. The normalized spacial score (nSPS) is 11.4. The van der Waals surface area contributed by atoms with Gasteiger partial charge < -0.3 is 25.4 Å². The van der Waals surface area contributed by atoms with Gasteiger partial charge in [-0.3, -0.25) is 4.31 Å². The van der Waals surface area contributed by atoms with E-state index in [-0.39, 0.29) is 24.7 Å². The molecule has 0 aliphatic heterocycles. The summed E-state index contributed by atoms with van der Waals surface area (Å²) in [6.45, 7) is 1.58. The fourth-order valence-corrected chi connectivity index (χ4v) is 5.27. The molecule has 10 nitrogen and oxygen atoms in total. The highest BCUT2D eigenvalue weighted by molar-refractivity contribution is 7.92. The van der Waals surface area contributed by atoms with Crippen LogP contribution in [-0.2, 0) is 14.8 Å². The Morgan fingerprint density at radius 3 is 2.30 bits per heavy atom. The molecule has 0 saturated heterocycles. The first-order valence-corrected chi connectivity index (χ1v) is 14.5. The van der Waals surface area contributed by atoms with Crippen molar-refractivity contribution in [3.8, 4) is 11.9 Å². The average Bonchev–Trinajstić information content (AvgIpc) is 2.95. The van der Waals surface area contributed by atoms with E-state index in [2.05, 4.69) is 20.9 Å². The van der Waals surface area contributed by atoms with E-state index < -0.39 is 10.0 Å². The summed E-state index contributed by atoms with van der Waals surface area (Å²) in [6, 6.07) is 20.2. The van der Waals surface area contributed by atoms with Gasteiger partial charge in [0.05, 0.1) is 36.0 Å². The summed E-state index contributed by atoms with van der Waals surface area (Å²) >= 11 is 11.9. The molecule has 3 aromatic rings. The maximum Gasteiger partial charge on any atom is 0.264 e. The topological polar surface area (TPSA) is 128 Å². The van der Waals surface area contributed by atoms with Crippen molar-refractivity contribution in [1.82, 2.24) is 10.6 Å². The molecule has 0 fully saturated rings. The number of guanidine groups is 1. The number of halogens is 2. The smallest absolute Gasteiger partial charge is 0.264 e. The number of para-hydroxylation sites is 2. The summed E-state index contributed by atoms with van der Waals surface area (Å²) in [5.41, 5.74) is 1.08. The number of aliphatic imine (C=N–C) groups is 1. The van der Waals surface area contributed by atoms with Gasteiger partial charge in [0, 0.05) is 30.2 Å². The fourth-order valence-electron chi connectivity index (χ4n) is 3.55. The molecular weight excluding hydrogens is 575 g/mol. The van der Waals surface area contributed by atoms with Crippen LogP contribution >= 0.6 is 23.2 Å². The van der Waals surface area contributed by atoms with Crippen molar-refractivity contribution in [2.24, 2.45) is 4.99 Å². The lowest BCUT2D eigenvalue weighted by atomic mass is 10.2. The number of nitrogens with zero attached hydrogens (tertiary/aromatic N) is 3. The number of sulfonamides is 1. The molecule has 0 aromatic heterocycles. The molecule has 13 heteroatoms. The maximum atomic E-state index is 13.8. The molecule has 212 valence electrons. The molecule has 0 unspecified atom stereocenters. The molecule has 0 bridgehead atoms. The van der Waals surface area contributed by atoms with E-state index in [1.54, 1.807) is 55.7 Å². The van der Waals surface area contributed by atoms with E-state index in [9.17, 15) is 8.42 Å². The first kappa shape index (κ1) is 30.8. The summed E-state index contributed by atoms with van der Waals surface area (Å²) in [4.78, 5) is 3.69. The summed E-state index contributed by atoms with van der Waals surface area (Å²) in [5.74, 6) is 0.997. The third-order valence-corrected chi connectivity index (χ3v) is 7.78. The second kappa shape index (κ2) is 15.8. The van der Waals surface area contributed by atoms with Gasteiger partial charge in [-0.05, 0) is 60.7 Å². The number of hydrogen-bond acceptors (Lipinski definition) is 7. The molecule has 0 spiro atoms. The Hall–Kier alpha value is -3.69. The number of ether oxygens (including phenoxy) is 2. The SMILES string of the molecule is CNC(=NC#N)NCCOCCN(c1ccccc1NCCOc1ccc(Cl)cc1)S(=O)(=O)c1ccc(Cl)cc1. The van der Waals surface area contributed by atoms with E-state index in [1.165, 1.54) is 28.6 Å². The molecular formula is C27H30Cl2N6O4S. The largest absolute Gasteiger partial charge is 0.492 e. The summed E-state index contributed by atoms with van der Waals surface area (Å²) in [5, 5.41) is 18.7. The van der Waals surface area contributed by atoms with Gasteiger partial charge in [0.15, 0.2) is 0 Å². The second-order valence-corrected chi connectivity index (χ2v) is 10.9. The third kappa shape index (κ3) is 9.20. The summed E-state index contributed by atoms with van der Waals surface area (Å²) in [6.07, 6.45) is 1.70. The molecule has 0 heterocycles. The quantitative estimate of drug-likeness (QED) is 0.107. The number of benzene rings is 3. The first-order chi connectivity index (χ1) is 19.3. The fraction of sp³-hybridized carbons (Fsp3) is 0.259. The van der Waals surface area contributed by atoms with E-state index in [1.807, 2.05) is 6.07 Å². The highest BCUT2D eigenvalue weighted by Gasteiger charge is 2.26. The van der Waals surface area contributed by atoms with E-state index in [0.717, 1.165) is 0 Å². The van der Waals surface area contributed by atoms with Crippen LogP contribution in [0.2, 0.25) is 10.0 Å². The predicted molar refractivity (Wildman–Crippen MR) is 159 cm³/mol. The molecule has 0 aliphatic carbocycles. The van der Waals surface area contributed by atoms with Crippen LogP contribution < -0.4 is 25.0 Å². The summed E-state index contributed by atoms with van der Waals surface area (Å²) < 4.78 is 40.3. The second-order valence-electron chi connectivity index (χ2n) is 8.13. The van der Waals surface area contributed by atoms with Crippen LogP contribution in [0.3, 0.4) is 0 Å². The minimum absolute atomic E-state index is 0.0517. The Balaban J connectivity index is 1.71. The van der Waals surface area contributed by atoms with Crippen molar-refractivity contribution in [3.63, 3.8) is 0 Å². The van der Waals surface area contributed by atoms with Crippen molar-refractivity contribution >= 4 is 50.6 Å². The van der Waals surface area contributed by atoms with Crippen LogP contribution in [0.25, 0.3) is 0 Å². The van der Waals surface area contributed by atoms with E-state index >= 15 is 0 Å². The molecule has 0 atom stereocenters. The van der Waals surface area contributed by atoms with Crippen LogP contribution in [-0.4, -0.2) is 60.9 Å². The molecule has 0 amide bonds. The highest BCUT2D eigenvalue weighted by atomic mass is 35.5. The third-order valence-electron chi connectivity index (χ3n) is 5.45. The van der Waals surface area contributed by atoms with Crippen LogP contribution in [0.4, 0.5) is 11.4 Å². The lowest BCUT2D eigenvalue weighted by Gasteiger charge is -2.27. The molecule has 0 saturated carbocycles. The van der Waals surface area contributed by atoms with Crippen LogP contribution in [0, 0.1) is 11.5 Å². The van der Waals surface area contributed by atoms with Gasteiger partial charge in [-0.1, -0.05) is 35.3 Å². The monoisotopic (exact) mass is 604 g/mol. The minimum Gasteiger partial charge on any atom is -0.492 e. The zero-order valence-electron chi connectivity index (χ0n) is 21.8. The molecule has 3 rings (SSSR count). The van der Waals surface area contributed by atoms with Crippen LogP contribution in [0.15, 0.2) is 82.7 Å². The van der Waals surface area contributed by atoms with Crippen molar-refractivity contribution < 1.29 is 17.9 Å². The van der Waals surface area contributed by atoms with Crippen LogP contribution in [0.5, 0.6) is 5.75 Å². The maximum absolute atomic E-state index is 13.8. The van der Waals surface area contributed by atoms with Gasteiger partial charge in [0.25, 0.3) is 10.0 Å². The Bertz CT molecular complexity index is 1400. The first-order valence-electron chi connectivity index (χ1n) is 12.3. The highest BCUT2D eigenvalue weighted by Crippen LogP contribution is 2.31. The standard InChI is InChI=1S/C27H30Cl2N6O4S/c1-31-27(34-20-30)33-14-17-38-19-16-35(40(36,37)24-12-8-22(29)9-13-24)26-5-3-2-4-25(26)32-15-18-39-23-10-6-21(28)7-11-23/h2-13,32H,14-19H2,1H3,(H2,31,33,34). The Kier molecular flexibility index (Phi) is 12.2. The van der Waals surface area contributed by atoms with Gasteiger partial charge in [-0.2, -0.15) is 5.26 Å². The van der Waals surface area contributed by atoms with Crippen molar-refractivity contribution in [2.45, 2.75) is 4.90 Å². The Morgan fingerprint density at radius 2 is 1.62 bits per heavy atom. The number of nitriles is 1. The van der Waals surface area contributed by atoms with Crippen LogP contribution in [0.1, 0.15) is 0 Å². The number of hydrogen-bond donors (Lipinski definition) is 3. The zero-order chi connectivity index (χ0) is 28.8. The number of rotatable bonds is 14. The molecule has 3 aromatic carbocycles. The van der Waals surface area contributed by atoms with E-state index in [4.69, 9.17) is 37.9 Å². The van der Waals surface area contributed by atoms with Gasteiger partial charge in [0.1, 0.15) is 12.4 Å². The summed E-state index contributed by atoms with van der Waals surface area (Å²) in [7, 11) is -2.32. The van der Waals surface area contributed by atoms with Crippen molar-refractivity contribution in [3.05, 3.63) is 82.8 Å². The Morgan fingerprint density at radius 1 is 0.950 bits per heavy atom. The van der Waals surface area contributed by atoms with Gasteiger partial charge >= 0.3 is 0 Å². The van der Waals surface area contributed by atoms with Gasteiger partial charge in [0.2, 0.25) is 12.2 Å².